The highest BCUT2D eigenvalue weighted by atomic mass is 19.4. The molecule has 0 amide bonds. The number of hydrogen-bond acceptors (Lipinski definition) is 5. The Labute approximate surface area is 200 Å². The topological polar surface area (TPSA) is 66.0 Å². The van der Waals surface area contributed by atoms with Gasteiger partial charge < -0.3 is 9.26 Å². The van der Waals surface area contributed by atoms with Gasteiger partial charge >= 0.3 is 6.18 Å². The quantitative estimate of drug-likeness (QED) is 0.243. The maximum Gasteiger partial charge on any atom is 0.435 e. The van der Waals surface area contributed by atoms with Crippen LogP contribution in [0.5, 0.6) is 11.5 Å². The SMILES string of the molecule is Fc1ccc(Oc2ccc(-c3noc(-c4cccc(Cn5ccc(C(F)(F)F)n5)c4)n3)cc2)cc1F. The number of alkyl halides is 3. The van der Waals surface area contributed by atoms with Crippen LogP contribution < -0.4 is 4.74 Å². The van der Waals surface area contributed by atoms with Gasteiger partial charge in [0.15, 0.2) is 17.3 Å². The van der Waals surface area contributed by atoms with Gasteiger partial charge in [-0.25, -0.2) is 8.78 Å². The van der Waals surface area contributed by atoms with Crippen LogP contribution >= 0.6 is 0 Å². The summed E-state index contributed by atoms with van der Waals surface area (Å²) in [5.41, 5.74) is 0.951. The molecule has 3 aromatic carbocycles. The number of aromatic nitrogens is 4. The standard InChI is InChI=1S/C25H15F5N4O2/c26-20-9-8-19(13-21(20)27)35-18-6-4-16(5-7-18)23-31-24(36-33-23)17-3-1-2-15(12-17)14-34-11-10-22(32-34)25(28,29)30/h1-13H,14H2. The smallest absolute Gasteiger partial charge is 0.435 e. The van der Waals surface area contributed by atoms with Crippen molar-refractivity contribution >= 4 is 0 Å². The number of hydrogen-bond donors (Lipinski definition) is 0. The molecule has 0 N–H and O–H groups in total. The first-order chi connectivity index (χ1) is 17.2. The van der Waals surface area contributed by atoms with Crippen LogP contribution in [0.3, 0.4) is 0 Å². The maximum absolute atomic E-state index is 13.4. The molecule has 5 aromatic rings. The molecule has 0 saturated carbocycles. The van der Waals surface area contributed by atoms with Gasteiger partial charge in [-0.2, -0.15) is 23.3 Å². The van der Waals surface area contributed by atoms with Gasteiger partial charge in [0.25, 0.3) is 5.89 Å². The second-order valence-corrected chi connectivity index (χ2v) is 7.72. The summed E-state index contributed by atoms with van der Waals surface area (Å²) in [6.45, 7) is 0.129. The molecule has 0 atom stereocenters. The zero-order valence-electron chi connectivity index (χ0n) is 18.2. The minimum absolute atomic E-state index is 0.129. The molecule has 6 nitrogen and oxygen atoms in total. The van der Waals surface area contributed by atoms with Gasteiger partial charge in [0.05, 0.1) is 6.54 Å². The highest BCUT2D eigenvalue weighted by Crippen LogP contribution is 2.29. The first kappa shape index (κ1) is 23.2. The third kappa shape index (κ3) is 5.09. The van der Waals surface area contributed by atoms with E-state index in [1.165, 1.54) is 16.9 Å². The lowest BCUT2D eigenvalue weighted by molar-refractivity contribution is -0.141. The Bertz CT molecular complexity index is 1510. The van der Waals surface area contributed by atoms with Crippen LogP contribution in [-0.4, -0.2) is 19.9 Å². The van der Waals surface area contributed by atoms with Crippen LogP contribution in [0.4, 0.5) is 22.0 Å². The van der Waals surface area contributed by atoms with Crippen molar-refractivity contribution in [1.82, 2.24) is 19.9 Å². The second-order valence-electron chi connectivity index (χ2n) is 7.72. The summed E-state index contributed by atoms with van der Waals surface area (Å²) < 4.78 is 76.9. The van der Waals surface area contributed by atoms with E-state index in [0.29, 0.717) is 28.3 Å². The second kappa shape index (κ2) is 9.25. The summed E-state index contributed by atoms with van der Waals surface area (Å²) in [5, 5.41) is 7.54. The Morgan fingerprint density at radius 3 is 2.33 bits per heavy atom. The zero-order valence-corrected chi connectivity index (χ0v) is 18.2. The third-order valence-corrected chi connectivity index (χ3v) is 5.11. The van der Waals surface area contributed by atoms with Crippen LogP contribution in [0.25, 0.3) is 22.8 Å². The third-order valence-electron chi connectivity index (χ3n) is 5.11. The van der Waals surface area contributed by atoms with E-state index in [9.17, 15) is 22.0 Å². The molecule has 0 spiro atoms. The maximum atomic E-state index is 13.4. The van der Waals surface area contributed by atoms with E-state index in [1.807, 2.05) is 0 Å². The predicted octanol–water partition coefficient (Wildman–Crippen LogP) is 6.74. The molecule has 11 heteroatoms. The normalized spacial score (nSPS) is 11.6. The molecule has 2 heterocycles. The molecular weight excluding hydrogens is 483 g/mol. The Morgan fingerprint density at radius 2 is 1.61 bits per heavy atom. The summed E-state index contributed by atoms with van der Waals surface area (Å²) >= 11 is 0. The van der Waals surface area contributed by atoms with Crippen molar-refractivity contribution in [2.75, 3.05) is 0 Å². The van der Waals surface area contributed by atoms with Crippen LogP contribution in [0.15, 0.2) is 83.5 Å². The number of nitrogens with zero attached hydrogens (tertiary/aromatic N) is 4. The molecule has 0 unspecified atom stereocenters. The van der Waals surface area contributed by atoms with Gasteiger partial charge in [0.1, 0.15) is 11.5 Å². The van der Waals surface area contributed by atoms with E-state index in [1.54, 1.807) is 48.5 Å². The average Bonchev–Trinajstić information content (AvgIpc) is 3.53. The fraction of sp³-hybridized carbons (Fsp3) is 0.0800. The highest BCUT2D eigenvalue weighted by molar-refractivity contribution is 5.61. The predicted molar refractivity (Wildman–Crippen MR) is 118 cm³/mol. The molecule has 36 heavy (non-hydrogen) atoms. The Balaban J connectivity index is 1.29. The zero-order chi connectivity index (χ0) is 25.3. The molecule has 0 fully saturated rings. The monoisotopic (exact) mass is 498 g/mol. The van der Waals surface area contributed by atoms with Gasteiger partial charge in [0, 0.05) is 23.4 Å². The Kier molecular flexibility index (Phi) is 5.96. The van der Waals surface area contributed by atoms with Gasteiger partial charge in [-0.1, -0.05) is 17.3 Å². The Hall–Kier alpha value is -4.54. The van der Waals surface area contributed by atoms with E-state index < -0.39 is 23.5 Å². The van der Waals surface area contributed by atoms with E-state index in [2.05, 4.69) is 15.2 Å². The van der Waals surface area contributed by atoms with Crippen molar-refractivity contribution in [1.29, 1.82) is 0 Å². The molecule has 0 radical (unpaired) electrons. The van der Waals surface area contributed by atoms with E-state index >= 15 is 0 Å². The average molecular weight is 498 g/mol. The van der Waals surface area contributed by atoms with Crippen molar-refractivity contribution < 1.29 is 31.2 Å². The molecule has 0 aliphatic rings. The van der Waals surface area contributed by atoms with Crippen LogP contribution in [-0.2, 0) is 12.7 Å². The molecule has 0 saturated heterocycles. The van der Waals surface area contributed by atoms with E-state index in [4.69, 9.17) is 9.26 Å². The summed E-state index contributed by atoms with van der Waals surface area (Å²) in [6, 6.07) is 17.7. The minimum Gasteiger partial charge on any atom is -0.457 e. The van der Waals surface area contributed by atoms with E-state index in [0.717, 1.165) is 18.2 Å². The molecule has 0 aliphatic heterocycles. The molecular formula is C25H15F5N4O2. The van der Waals surface area contributed by atoms with Gasteiger partial charge in [-0.3, -0.25) is 4.68 Å². The summed E-state index contributed by atoms with van der Waals surface area (Å²) in [6.07, 6.45) is -3.24. The lowest BCUT2D eigenvalue weighted by atomic mass is 10.1. The lowest BCUT2D eigenvalue weighted by Crippen LogP contribution is -2.08. The Morgan fingerprint density at radius 1 is 0.833 bits per heavy atom. The van der Waals surface area contributed by atoms with Crippen molar-refractivity contribution in [2.24, 2.45) is 0 Å². The van der Waals surface area contributed by atoms with E-state index in [-0.39, 0.29) is 18.2 Å². The van der Waals surface area contributed by atoms with Crippen LogP contribution in [0.2, 0.25) is 0 Å². The first-order valence-electron chi connectivity index (χ1n) is 10.5. The fourth-order valence-electron chi connectivity index (χ4n) is 3.40. The van der Waals surface area contributed by atoms with Crippen molar-refractivity contribution in [3.8, 4) is 34.3 Å². The highest BCUT2D eigenvalue weighted by Gasteiger charge is 2.33. The molecule has 2 aromatic heterocycles. The van der Waals surface area contributed by atoms with Crippen molar-refractivity contribution in [2.45, 2.75) is 12.7 Å². The van der Waals surface area contributed by atoms with Crippen molar-refractivity contribution in [3.63, 3.8) is 0 Å². The van der Waals surface area contributed by atoms with Crippen LogP contribution in [0, 0.1) is 11.6 Å². The summed E-state index contributed by atoms with van der Waals surface area (Å²) in [7, 11) is 0. The molecule has 0 aliphatic carbocycles. The van der Waals surface area contributed by atoms with Crippen LogP contribution in [0.1, 0.15) is 11.3 Å². The van der Waals surface area contributed by atoms with Gasteiger partial charge in [-0.15, -0.1) is 0 Å². The molecule has 5 rings (SSSR count). The molecule has 0 bridgehead atoms. The number of ether oxygens (including phenoxy) is 1. The fourth-order valence-corrected chi connectivity index (χ4v) is 3.40. The summed E-state index contributed by atoms with van der Waals surface area (Å²) in [4.78, 5) is 4.39. The minimum atomic E-state index is -4.50. The largest absolute Gasteiger partial charge is 0.457 e. The lowest BCUT2D eigenvalue weighted by Gasteiger charge is -2.06. The van der Waals surface area contributed by atoms with Crippen molar-refractivity contribution in [3.05, 3.63) is 102 Å². The molecule has 182 valence electrons. The van der Waals surface area contributed by atoms with Gasteiger partial charge in [-0.05, 0) is 60.2 Å². The number of rotatable bonds is 6. The first-order valence-corrected chi connectivity index (χ1v) is 10.5. The summed E-state index contributed by atoms with van der Waals surface area (Å²) in [5.74, 6) is -0.903. The number of benzene rings is 3. The van der Waals surface area contributed by atoms with Gasteiger partial charge in [0.2, 0.25) is 5.82 Å². The number of halogens is 5.